The van der Waals surface area contributed by atoms with Gasteiger partial charge in [-0.2, -0.15) is 0 Å². The summed E-state index contributed by atoms with van der Waals surface area (Å²) in [6.45, 7) is 7.94. The summed E-state index contributed by atoms with van der Waals surface area (Å²) in [5.41, 5.74) is 0.0734. The number of nitrogens with zero attached hydrogens (tertiary/aromatic N) is 1. The van der Waals surface area contributed by atoms with E-state index in [0.29, 0.717) is 18.8 Å². The number of hydrogen-bond donors (Lipinski definition) is 4. The van der Waals surface area contributed by atoms with Gasteiger partial charge in [0.05, 0.1) is 19.3 Å². The zero-order chi connectivity index (χ0) is 35.5. The van der Waals surface area contributed by atoms with Crippen LogP contribution in [0, 0.1) is 29.6 Å². The molecule has 12 atom stereocenters. The normalized spacial score (nSPS) is 37.0. The van der Waals surface area contributed by atoms with E-state index in [1.807, 2.05) is 39.0 Å². The number of ether oxygens (including phenoxy) is 6. The molecule has 5 rings (SSSR count). The number of methoxy groups -OCH3 is 1. The Hall–Kier alpha value is -3.27. The van der Waals surface area contributed by atoms with Crippen molar-refractivity contribution in [3.8, 4) is 0 Å². The van der Waals surface area contributed by atoms with Crippen LogP contribution in [-0.4, -0.2) is 132 Å². The van der Waals surface area contributed by atoms with Crippen molar-refractivity contribution in [3.05, 3.63) is 47.8 Å². The van der Waals surface area contributed by atoms with Crippen LogP contribution in [0.15, 0.2) is 42.1 Å². The average molecular weight is 691 g/mol. The van der Waals surface area contributed by atoms with Crippen LogP contribution in [0.4, 0.5) is 4.79 Å². The van der Waals surface area contributed by atoms with Crippen LogP contribution < -0.4 is 0 Å². The molecule has 4 N–H and O–H groups in total. The zero-order valence-corrected chi connectivity index (χ0v) is 28.7. The number of aromatic amines is 1. The number of aromatic nitrogens is 1. The van der Waals surface area contributed by atoms with Crippen LogP contribution in [0.25, 0.3) is 0 Å². The number of rotatable bonds is 12. The maximum atomic E-state index is 13.6. The summed E-state index contributed by atoms with van der Waals surface area (Å²) < 4.78 is 35.5. The molecule has 14 nitrogen and oxygen atoms in total. The van der Waals surface area contributed by atoms with E-state index in [1.54, 1.807) is 30.2 Å². The summed E-state index contributed by atoms with van der Waals surface area (Å²) in [6, 6.07) is 3.34. The zero-order valence-electron chi connectivity index (χ0n) is 28.7. The molecule has 2 fully saturated rings. The van der Waals surface area contributed by atoms with Gasteiger partial charge in [-0.15, -0.1) is 0 Å². The molecule has 272 valence electrons. The molecule has 1 unspecified atom stereocenters. The minimum atomic E-state index is -1.05. The van der Waals surface area contributed by atoms with Crippen LogP contribution in [0.3, 0.4) is 0 Å². The second-order valence-electron chi connectivity index (χ2n) is 13.6. The van der Waals surface area contributed by atoms with E-state index in [-0.39, 0.29) is 44.6 Å². The summed E-state index contributed by atoms with van der Waals surface area (Å²) >= 11 is 0. The first kappa shape index (κ1) is 37.0. The fourth-order valence-corrected chi connectivity index (χ4v) is 8.26. The average Bonchev–Trinajstić information content (AvgIpc) is 3.67. The van der Waals surface area contributed by atoms with Gasteiger partial charge in [-0.3, -0.25) is 4.90 Å². The third-order valence-electron chi connectivity index (χ3n) is 10.7. The Balaban J connectivity index is 1.39. The van der Waals surface area contributed by atoms with E-state index in [0.717, 1.165) is 5.57 Å². The Kier molecular flexibility index (Phi) is 11.9. The summed E-state index contributed by atoms with van der Waals surface area (Å²) in [7, 11) is 1.43. The van der Waals surface area contributed by atoms with Gasteiger partial charge < -0.3 is 48.7 Å². The quantitative estimate of drug-likeness (QED) is 0.142. The molecule has 1 aromatic heterocycles. The van der Waals surface area contributed by atoms with Crippen molar-refractivity contribution in [3.63, 3.8) is 0 Å². The molecule has 2 aliphatic carbocycles. The van der Waals surface area contributed by atoms with Crippen LogP contribution in [0.1, 0.15) is 44.6 Å². The largest absolute Gasteiger partial charge is 0.508 e. The van der Waals surface area contributed by atoms with Crippen molar-refractivity contribution >= 4 is 18.1 Å². The molecule has 0 aromatic carbocycles. The molecular weight excluding hydrogens is 640 g/mol. The summed E-state index contributed by atoms with van der Waals surface area (Å²) in [4.78, 5) is 43.9. The molecule has 49 heavy (non-hydrogen) atoms. The molecule has 2 aliphatic heterocycles. The first-order valence-electron chi connectivity index (χ1n) is 17.0. The number of carbonyl (C=O) groups excluding carboxylic acids is 3. The van der Waals surface area contributed by atoms with E-state index in [4.69, 9.17) is 28.4 Å². The fourth-order valence-electron chi connectivity index (χ4n) is 8.26. The Morgan fingerprint density at radius 3 is 2.55 bits per heavy atom. The molecular formula is C35H50N2O12. The van der Waals surface area contributed by atoms with Gasteiger partial charge in [0, 0.05) is 62.5 Å². The predicted octanol–water partition coefficient (Wildman–Crippen LogP) is 1.85. The Bertz CT molecular complexity index is 1360. The molecule has 1 spiro atoms. The van der Waals surface area contributed by atoms with E-state index in [1.165, 1.54) is 7.11 Å². The number of carbonyl (C=O) groups is 3. The summed E-state index contributed by atoms with van der Waals surface area (Å²) in [6.07, 6.45) is 1.84. The Labute approximate surface area is 286 Å². The highest BCUT2D eigenvalue weighted by atomic mass is 16.7. The van der Waals surface area contributed by atoms with Gasteiger partial charge in [0.25, 0.3) is 0 Å². The molecule has 0 amide bonds. The van der Waals surface area contributed by atoms with Crippen molar-refractivity contribution < 1.29 is 58.1 Å². The first-order chi connectivity index (χ1) is 23.5. The lowest BCUT2D eigenvalue weighted by atomic mass is 9.57. The van der Waals surface area contributed by atoms with Crippen LogP contribution >= 0.6 is 0 Å². The highest BCUT2D eigenvalue weighted by molar-refractivity contribution is 5.87. The smallest absolute Gasteiger partial charge is 0.456 e. The predicted molar refractivity (Wildman–Crippen MR) is 173 cm³/mol. The molecule has 4 aliphatic rings. The molecule has 0 radical (unpaired) electrons. The molecule has 1 saturated carbocycles. The lowest BCUT2D eigenvalue weighted by molar-refractivity contribution is -0.173. The standard InChI is InChI=1S/C35H50N2O12/c1-19-17-20(2)35-23(8-9-24-27(35)28(40)21(3)30(31(24)49-35)48-32(41)25-7-6-10-36-25)18-26(44-5)33(42)47-29(19)22(4)46-34(43)45-16-13-37(11-14-38)12-15-39/h6-10,17,19,21-24,26-31,36,38-40H,11-16,18H2,1-5H3/b20-17+/t19-,21-,22+,23?,24-,26-,27+,28-,29-,30-,31-,35+/m0/s1. The number of hydrogen-bond acceptors (Lipinski definition) is 13. The topological polar surface area (TPSA) is 186 Å². The number of nitrogens with one attached hydrogen (secondary N) is 1. The first-order valence-corrected chi connectivity index (χ1v) is 17.0. The van der Waals surface area contributed by atoms with Crippen molar-refractivity contribution in [2.45, 2.75) is 76.3 Å². The maximum absolute atomic E-state index is 13.6. The molecule has 1 saturated heterocycles. The number of aliphatic hydroxyl groups is 3. The highest BCUT2D eigenvalue weighted by Crippen LogP contribution is 2.61. The third-order valence-corrected chi connectivity index (χ3v) is 10.7. The molecule has 14 heteroatoms. The SMILES string of the molecule is CO[C@H]1CC2C=C[C@@H]3[C@@H]4O[C@@]2(/C(C)=C/[C@H](C)[C@@H]([C@@H](C)OC(=O)OCCN(CCO)CCO)OC1=O)[C@H]3[C@@H](O)[C@H](C)[C@@H]4OC(=O)c1ccc[nH]1. The van der Waals surface area contributed by atoms with Gasteiger partial charge in [-0.05, 0) is 38.0 Å². The van der Waals surface area contributed by atoms with E-state index >= 15 is 0 Å². The van der Waals surface area contributed by atoms with Crippen molar-refractivity contribution in [2.75, 3.05) is 46.6 Å². The Morgan fingerprint density at radius 1 is 1.16 bits per heavy atom. The Morgan fingerprint density at radius 2 is 1.90 bits per heavy atom. The van der Waals surface area contributed by atoms with Gasteiger partial charge in [0.15, 0.2) is 6.10 Å². The van der Waals surface area contributed by atoms with Gasteiger partial charge in [-0.25, -0.2) is 14.4 Å². The van der Waals surface area contributed by atoms with Crippen LogP contribution in [0.2, 0.25) is 0 Å². The second kappa shape index (κ2) is 15.7. The van der Waals surface area contributed by atoms with E-state index in [2.05, 4.69) is 4.98 Å². The lowest BCUT2D eigenvalue weighted by Crippen LogP contribution is -2.57. The van der Waals surface area contributed by atoms with Gasteiger partial charge in [0.1, 0.15) is 42.3 Å². The minimum Gasteiger partial charge on any atom is -0.456 e. The second-order valence-corrected chi connectivity index (χ2v) is 13.6. The van der Waals surface area contributed by atoms with Gasteiger partial charge in [-0.1, -0.05) is 32.1 Å². The third kappa shape index (κ3) is 7.31. The van der Waals surface area contributed by atoms with E-state index in [9.17, 15) is 29.7 Å². The number of cyclic esters (lactones) is 1. The summed E-state index contributed by atoms with van der Waals surface area (Å²) in [5, 5.41) is 30.3. The van der Waals surface area contributed by atoms with E-state index < -0.39 is 78.1 Å². The van der Waals surface area contributed by atoms with Crippen molar-refractivity contribution in [1.82, 2.24) is 9.88 Å². The van der Waals surface area contributed by atoms with Gasteiger partial charge in [0.2, 0.25) is 0 Å². The maximum Gasteiger partial charge on any atom is 0.508 e. The monoisotopic (exact) mass is 690 g/mol. The minimum absolute atomic E-state index is 0.0309. The van der Waals surface area contributed by atoms with Crippen molar-refractivity contribution in [1.29, 1.82) is 0 Å². The fraction of sp³-hybridized carbons (Fsp3) is 0.686. The van der Waals surface area contributed by atoms with Gasteiger partial charge >= 0.3 is 18.1 Å². The molecule has 4 bridgehead atoms. The summed E-state index contributed by atoms with van der Waals surface area (Å²) in [5.74, 6) is -3.10. The molecule has 1 aromatic rings. The van der Waals surface area contributed by atoms with Crippen LogP contribution in [0.5, 0.6) is 0 Å². The molecule has 3 heterocycles. The highest BCUT2D eigenvalue weighted by Gasteiger charge is 2.69. The lowest BCUT2D eigenvalue weighted by Gasteiger charge is -2.48. The number of H-pyrrole nitrogens is 1. The van der Waals surface area contributed by atoms with Crippen molar-refractivity contribution in [2.24, 2.45) is 29.6 Å². The number of esters is 2. The van der Waals surface area contributed by atoms with Crippen LogP contribution in [-0.2, 0) is 33.2 Å². The number of aliphatic hydroxyl groups excluding tert-OH is 3.